The molecule has 1 aliphatic rings. The third kappa shape index (κ3) is 1.39. The minimum atomic E-state index is 0.178. The van der Waals surface area contributed by atoms with Gasteiger partial charge >= 0.3 is 0 Å². The topological polar surface area (TPSA) is 9.23 Å². The molecule has 0 saturated carbocycles. The van der Waals surface area contributed by atoms with E-state index < -0.39 is 0 Å². The maximum Gasteiger partial charge on any atom is 0.208 e. The summed E-state index contributed by atoms with van der Waals surface area (Å²) in [7, 11) is 0.535. The zero-order chi connectivity index (χ0) is 6.20. The van der Waals surface area contributed by atoms with E-state index in [-0.39, 0.29) is 5.60 Å². The van der Waals surface area contributed by atoms with Crippen LogP contribution in [0.15, 0.2) is 0 Å². The Morgan fingerprint density at radius 3 is 2.25 bits per heavy atom. The van der Waals surface area contributed by atoms with E-state index in [4.69, 9.17) is 4.74 Å². The largest absolute Gasteiger partial charge is 0.325 e. The first-order valence-corrected chi connectivity index (χ1v) is 4.80. The summed E-state index contributed by atoms with van der Waals surface area (Å²) < 4.78 is 5.46. The zero-order valence-corrected chi connectivity index (χ0v) is 6.55. The van der Waals surface area contributed by atoms with Gasteiger partial charge in [0, 0.05) is 10.9 Å². The Bertz CT molecular complexity index is 90.5. The van der Waals surface area contributed by atoms with Crippen molar-refractivity contribution < 1.29 is 4.74 Å². The number of rotatable bonds is 0. The van der Waals surface area contributed by atoms with Gasteiger partial charge in [0.25, 0.3) is 0 Å². The van der Waals surface area contributed by atoms with Crippen LogP contribution in [-0.4, -0.2) is 23.5 Å². The third-order valence-corrected chi connectivity index (χ3v) is 2.95. The number of hydrogen-bond donors (Lipinski definition) is 0. The maximum absolute atomic E-state index is 5.46. The Labute approximate surface area is 53.8 Å². The van der Waals surface area contributed by atoms with Gasteiger partial charge in [0.15, 0.2) is 0 Å². The summed E-state index contributed by atoms with van der Waals surface area (Å²) in [6.45, 7) is 4.31. The van der Waals surface area contributed by atoms with Crippen LogP contribution in [0.3, 0.4) is 0 Å². The molecule has 1 saturated heterocycles. The van der Waals surface area contributed by atoms with E-state index in [2.05, 4.69) is 20.1 Å². The summed E-state index contributed by atoms with van der Waals surface area (Å²) >= 11 is 0. The van der Waals surface area contributed by atoms with Crippen molar-refractivity contribution in [2.75, 3.05) is 17.9 Å². The van der Waals surface area contributed by atoms with Crippen molar-refractivity contribution in [3.63, 3.8) is 0 Å². The fourth-order valence-electron chi connectivity index (χ4n) is 0.937. The molecule has 2 heteroatoms. The highest BCUT2D eigenvalue weighted by Crippen LogP contribution is 2.20. The third-order valence-electron chi connectivity index (χ3n) is 1.24. The molecule has 0 radical (unpaired) electrons. The Morgan fingerprint density at radius 1 is 1.50 bits per heavy atom. The van der Waals surface area contributed by atoms with Gasteiger partial charge in [0.2, 0.25) is 5.94 Å². The fourth-order valence-corrected chi connectivity index (χ4v) is 2.81. The summed E-state index contributed by atoms with van der Waals surface area (Å²) in [6, 6.07) is 0. The van der Waals surface area contributed by atoms with Crippen molar-refractivity contribution in [2.45, 2.75) is 19.4 Å². The summed E-state index contributed by atoms with van der Waals surface area (Å²) in [4.78, 5) is 0. The highest BCUT2D eigenvalue weighted by Gasteiger charge is 2.36. The predicted molar refractivity (Wildman–Crippen MR) is 38.2 cm³/mol. The van der Waals surface area contributed by atoms with Crippen LogP contribution in [-0.2, 0) is 15.6 Å². The SMILES string of the molecule is C[S+]1COC(C)(C)C1. The van der Waals surface area contributed by atoms with Crippen molar-refractivity contribution in [3.8, 4) is 0 Å². The lowest BCUT2D eigenvalue weighted by Crippen LogP contribution is -2.22. The first-order chi connectivity index (χ1) is 3.60. The summed E-state index contributed by atoms with van der Waals surface area (Å²) in [5.74, 6) is 2.22. The second-order valence-electron chi connectivity index (χ2n) is 2.95. The molecule has 0 amide bonds. The van der Waals surface area contributed by atoms with Crippen LogP contribution in [0.5, 0.6) is 0 Å². The molecule has 8 heavy (non-hydrogen) atoms. The van der Waals surface area contributed by atoms with Crippen molar-refractivity contribution in [3.05, 3.63) is 0 Å². The molecule has 1 unspecified atom stereocenters. The van der Waals surface area contributed by atoms with E-state index in [1.807, 2.05) is 0 Å². The number of ether oxygens (including phenoxy) is 1. The monoisotopic (exact) mass is 133 g/mol. The normalized spacial score (nSPS) is 35.6. The molecule has 1 heterocycles. The summed E-state index contributed by atoms with van der Waals surface area (Å²) in [5, 5.41) is 0. The molecule has 1 aliphatic heterocycles. The van der Waals surface area contributed by atoms with Crippen LogP contribution in [0, 0.1) is 0 Å². The van der Waals surface area contributed by atoms with Crippen LogP contribution in [0.2, 0.25) is 0 Å². The molecule has 0 spiro atoms. The Kier molecular flexibility index (Phi) is 1.54. The summed E-state index contributed by atoms with van der Waals surface area (Å²) in [6.07, 6.45) is 2.26. The standard InChI is InChI=1S/C6H13OS/c1-6(2)4-8(3)5-7-6/h4-5H2,1-3H3/q+1. The van der Waals surface area contributed by atoms with Crippen molar-refractivity contribution in [2.24, 2.45) is 0 Å². The van der Waals surface area contributed by atoms with E-state index in [0.29, 0.717) is 10.9 Å². The molecule has 48 valence electrons. The summed E-state index contributed by atoms with van der Waals surface area (Å²) in [5.41, 5.74) is 0.178. The van der Waals surface area contributed by atoms with Crippen LogP contribution >= 0.6 is 0 Å². The Hall–Kier alpha value is 0.310. The number of hydrogen-bond acceptors (Lipinski definition) is 1. The van der Waals surface area contributed by atoms with Crippen LogP contribution in [0.25, 0.3) is 0 Å². The van der Waals surface area contributed by atoms with Crippen LogP contribution in [0.1, 0.15) is 13.8 Å². The first kappa shape index (κ1) is 6.43. The molecular weight excluding hydrogens is 120 g/mol. The van der Waals surface area contributed by atoms with E-state index in [9.17, 15) is 0 Å². The van der Waals surface area contributed by atoms with Crippen molar-refractivity contribution in [1.82, 2.24) is 0 Å². The van der Waals surface area contributed by atoms with E-state index in [0.717, 1.165) is 5.94 Å². The highest BCUT2D eigenvalue weighted by molar-refractivity contribution is 7.96. The van der Waals surface area contributed by atoms with Gasteiger partial charge in [-0.2, -0.15) is 0 Å². The van der Waals surface area contributed by atoms with E-state index in [1.165, 1.54) is 5.75 Å². The van der Waals surface area contributed by atoms with Gasteiger partial charge in [-0.05, 0) is 13.8 Å². The lowest BCUT2D eigenvalue weighted by Gasteiger charge is -2.09. The van der Waals surface area contributed by atoms with Gasteiger partial charge in [-0.3, -0.25) is 0 Å². The van der Waals surface area contributed by atoms with Crippen molar-refractivity contribution >= 4 is 10.9 Å². The minimum Gasteiger partial charge on any atom is -0.325 e. The molecule has 0 aromatic rings. The Balaban J connectivity index is 2.44. The zero-order valence-electron chi connectivity index (χ0n) is 5.73. The molecule has 0 aromatic carbocycles. The predicted octanol–water partition coefficient (Wildman–Crippen LogP) is 1.00. The van der Waals surface area contributed by atoms with E-state index >= 15 is 0 Å². The molecule has 1 nitrogen and oxygen atoms in total. The fraction of sp³-hybridized carbons (Fsp3) is 1.00. The minimum absolute atomic E-state index is 0.178. The molecule has 1 rings (SSSR count). The average molecular weight is 133 g/mol. The van der Waals surface area contributed by atoms with E-state index in [1.54, 1.807) is 0 Å². The molecule has 1 fully saturated rings. The van der Waals surface area contributed by atoms with Crippen molar-refractivity contribution in [1.29, 1.82) is 0 Å². The Morgan fingerprint density at radius 2 is 2.12 bits per heavy atom. The highest BCUT2D eigenvalue weighted by atomic mass is 32.2. The second kappa shape index (κ2) is 1.92. The van der Waals surface area contributed by atoms with Gasteiger partial charge in [0.1, 0.15) is 11.4 Å². The van der Waals surface area contributed by atoms with Gasteiger partial charge < -0.3 is 4.74 Å². The van der Waals surface area contributed by atoms with Crippen LogP contribution in [0.4, 0.5) is 0 Å². The quantitative estimate of drug-likeness (QED) is 0.448. The lowest BCUT2D eigenvalue weighted by atomic mass is 10.2. The second-order valence-corrected chi connectivity index (χ2v) is 5.04. The first-order valence-electron chi connectivity index (χ1n) is 2.83. The molecule has 0 N–H and O–H groups in total. The average Bonchev–Trinajstić information content (AvgIpc) is 1.82. The van der Waals surface area contributed by atoms with Gasteiger partial charge in [-0.25, -0.2) is 0 Å². The molecule has 1 atom stereocenters. The van der Waals surface area contributed by atoms with Crippen LogP contribution < -0.4 is 0 Å². The lowest BCUT2D eigenvalue weighted by molar-refractivity contribution is 0.0477. The van der Waals surface area contributed by atoms with Gasteiger partial charge in [0.05, 0.1) is 6.26 Å². The van der Waals surface area contributed by atoms with Gasteiger partial charge in [-0.15, -0.1) is 0 Å². The molecule has 0 aliphatic carbocycles. The molecular formula is C6H13OS+. The van der Waals surface area contributed by atoms with Gasteiger partial charge in [-0.1, -0.05) is 0 Å². The molecule has 0 aromatic heterocycles. The smallest absolute Gasteiger partial charge is 0.208 e. The maximum atomic E-state index is 5.46. The molecule has 0 bridgehead atoms.